The number of hydrogen-bond donors (Lipinski definition) is 3. The molecule has 1 saturated heterocycles. The lowest BCUT2D eigenvalue weighted by atomic mass is 9.99. The number of nitrogens with one attached hydrogen (secondary N) is 2. The molecule has 0 spiro atoms. The topological polar surface area (TPSA) is 78.4 Å². The Morgan fingerprint density at radius 3 is 2.69 bits per heavy atom. The van der Waals surface area contributed by atoms with Gasteiger partial charge < -0.3 is 10.4 Å². The molecule has 0 radical (unpaired) electrons. The van der Waals surface area contributed by atoms with E-state index in [1.54, 1.807) is 11.8 Å². The molecule has 16 heavy (non-hydrogen) atoms. The first-order valence-electron chi connectivity index (χ1n) is 5.48. The lowest BCUT2D eigenvalue weighted by molar-refractivity contribution is -0.143. The Morgan fingerprint density at radius 2 is 2.19 bits per heavy atom. The molecule has 2 rings (SSSR count). The molecule has 1 unspecified atom stereocenters. The van der Waals surface area contributed by atoms with Crippen molar-refractivity contribution in [2.75, 3.05) is 18.1 Å². The Hall–Kier alpha value is -0.750. The molecule has 0 bridgehead atoms. The molecule has 1 saturated carbocycles. The van der Waals surface area contributed by atoms with Crippen LogP contribution in [0.2, 0.25) is 0 Å². The zero-order valence-electron chi connectivity index (χ0n) is 8.99. The Bertz CT molecular complexity index is 298. The van der Waals surface area contributed by atoms with E-state index in [1.807, 2.05) is 0 Å². The molecule has 90 valence electrons. The molecule has 3 N–H and O–H groups in total. The van der Waals surface area contributed by atoms with Crippen molar-refractivity contribution in [1.29, 1.82) is 0 Å². The molecule has 0 aromatic heterocycles. The van der Waals surface area contributed by atoms with Crippen molar-refractivity contribution < 1.29 is 14.7 Å². The van der Waals surface area contributed by atoms with Crippen molar-refractivity contribution in [3.63, 3.8) is 0 Å². The number of aliphatic carboxylic acids is 1. The molecule has 1 heterocycles. The summed E-state index contributed by atoms with van der Waals surface area (Å²) in [5, 5.41) is 14.9. The van der Waals surface area contributed by atoms with E-state index >= 15 is 0 Å². The van der Waals surface area contributed by atoms with E-state index in [1.165, 1.54) is 0 Å². The number of thioether (sulfide) groups is 1. The van der Waals surface area contributed by atoms with Gasteiger partial charge in [0.25, 0.3) is 0 Å². The molecule has 2 fully saturated rings. The Morgan fingerprint density at radius 1 is 1.44 bits per heavy atom. The number of carbonyl (C=O) groups is 2. The summed E-state index contributed by atoms with van der Waals surface area (Å²) >= 11 is 1.61. The van der Waals surface area contributed by atoms with Gasteiger partial charge in [0, 0.05) is 11.8 Å². The lowest BCUT2D eigenvalue weighted by Gasteiger charge is -2.24. The first-order chi connectivity index (χ1) is 7.62. The molecule has 1 atom stereocenters. The van der Waals surface area contributed by atoms with Crippen molar-refractivity contribution >= 4 is 23.6 Å². The van der Waals surface area contributed by atoms with Crippen LogP contribution in [-0.4, -0.2) is 46.6 Å². The van der Waals surface area contributed by atoms with Gasteiger partial charge in [0.15, 0.2) is 0 Å². The van der Waals surface area contributed by atoms with Gasteiger partial charge in [-0.05, 0) is 25.0 Å². The normalized spacial score (nSPS) is 29.0. The summed E-state index contributed by atoms with van der Waals surface area (Å²) < 4.78 is 0. The third kappa shape index (κ3) is 2.68. The summed E-state index contributed by atoms with van der Waals surface area (Å²) in [6.45, 7) is 0.101. The molecule has 0 aromatic carbocycles. The maximum Gasteiger partial charge on any atom is 0.324 e. The summed E-state index contributed by atoms with van der Waals surface area (Å²) in [6, 6.07) is 0.327. The van der Waals surface area contributed by atoms with E-state index in [2.05, 4.69) is 10.6 Å². The van der Waals surface area contributed by atoms with Crippen LogP contribution in [0.4, 0.5) is 0 Å². The first-order valence-corrected chi connectivity index (χ1v) is 6.63. The highest BCUT2D eigenvalue weighted by molar-refractivity contribution is 7.99. The van der Waals surface area contributed by atoms with Crippen LogP contribution in [0.5, 0.6) is 0 Å². The molecule has 5 nitrogen and oxygen atoms in total. The summed E-state index contributed by atoms with van der Waals surface area (Å²) in [5.74, 6) is 0.430. The van der Waals surface area contributed by atoms with Crippen molar-refractivity contribution in [2.45, 2.75) is 30.8 Å². The third-order valence-corrected chi connectivity index (χ3v) is 4.15. The average molecular weight is 244 g/mol. The maximum absolute atomic E-state index is 11.4. The van der Waals surface area contributed by atoms with Crippen LogP contribution in [0, 0.1) is 0 Å². The second-order valence-corrected chi connectivity index (χ2v) is 5.49. The number of hydrogen-bond acceptors (Lipinski definition) is 4. The molecule has 0 aromatic rings. The van der Waals surface area contributed by atoms with Gasteiger partial charge in [-0.2, -0.15) is 11.8 Å². The van der Waals surface area contributed by atoms with Crippen molar-refractivity contribution in [3.05, 3.63) is 0 Å². The molecule has 1 amide bonds. The van der Waals surface area contributed by atoms with Crippen LogP contribution in [0.25, 0.3) is 0 Å². The van der Waals surface area contributed by atoms with Crippen LogP contribution >= 0.6 is 11.8 Å². The SMILES string of the molecule is O=C(CNC1(C(=O)O)CCSC1)NC1CC1. The standard InChI is InChI=1S/C10H16N2O3S/c13-8(12-7-1-2-7)5-11-10(9(14)15)3-4-16-6-10/h7,11H,1-6H2,(H,12,13)(H,14,15). The molecule has 6 heteroatoms. The minimum Gasteiger partial charge on any atom is -0.480 e. The molecular weight excluding hydrogens is 228 g/mol. The first kappa shape index (κ1) is 11.7. The maximum atomic E-state index is 11.4. The predicted molar refractivity (Wildman–Crippen MR) is 61.5 cm³/mol. The highest BCUT2D eigenvalue weighted by Gasteiger charge is 2.41. The van der Waals surface area contributed by atoms with Gasteiger partial charge in [-0.15, -0.1) is 0 Å². The van der Waals surface area contributed by atoms with Crippen LogP contribution < -0.4 is 10.6 Å². The van der Waals surface area contributed by atoms with Crippen molar-refractivity contribution in [1.82, 2.24) is 10.6 Å². The van der Waals surface area contributed by atoms with E-state index in [0.29, 0.717) is 18.2 Å². The smallest absolute Gasteiger partial charge is 0.324 e. The monoisotopic (exact) mass is 244 g/mol. The van der Waals surface area contributed by atoms with E-state index in [4.69, 9.17) is 5.11 Å². The van der Waals surface area contributed by atoms with Gasteiger partial charge >= 0.3 is 5.97 Å². The Kier molecular flexibility index (Phi) is 3.39. The average Bonchev–Trinajstić information content (AvgIpc) is 2.92. The number of amides is 1. The van der Waals surface area contributed by atoms with Gasteiger partial charge in [-0.3, -0.25) is 14.9 Å². The summed E-state index contributed by atoms with van der Waals surface area (Å²) in [7, 11) is 0. The summed E-state index contributed by atoms with van der Waals surface area (Å²) in [6.07, 6.45) is 2.68. The van der Waals surface area contributed by atoms with Gasteiger partial charge in [0.2, 0.25) is 5.91 Å². The number of carboxylic acid groups (broad SMARTS) is 1. The predicted octanol–water partition coefficient (Wildman–Crippen LogP) is -0.185. The molecular formula is C10H16N2O3S. The van der Waals surface area contributed by atoms with Gasteiger partial charge in [-0.25, -0.2) is 0 Å². The molecule has 2 aliphatic rings. The second-order valence-electron chi connectivity index (χ2n) is 4.39. The fraction of sp³-hybridized carbons (Fsp3) is 0.800. The third-order valence-electron chi connectivity index (χ3n) is 2.96. The zero-order chi connectivity index (χ0) is 11.6. The second kappa shape index (κ2) is 4.63. The number of rotatable bonds is 5. The molecule has 1 aliphatic heterocycles. The van der Waals surface area contributed by atoms with E-state index in [0.717, 1.165) is 18.6 Å². The van der Waals surface area contributed by atoms with E-state index < -0.39 is 11.5 Å². The van der Waals surface area contributed by atoms with Gasteiger partial charge in [0.05, 0.1) is 6.54 Å². The minimum absolute atomic E-state index is 0.0972. The lowest BCUT2D eigenvalue weighted by Crippen LogP contribution is -2.55. The Labute approximate surface area is 98.4 Å². The molecule has 1 aliphatic carbocycles. The highest BCUT2D eigenvalue weighted by atomic mass is 32.2. The largest absolute Gasteiger partial charge is 0.480 e. The van der Waals surface area contributed by atoms with Crippen LogP contribution in [0.1, 0.15) is 19.3 Å². The number of carbonyl (C=O) groups excluding carboxylic acids is 1. The summed E-state index contributed by atoms with van der Waals surface area (Å²) in [5.41, 5.74) is -0.897. The van der Waals surface area contributed by atoms with E-state index in [-0.39, 0.29) is 12.5 Å². The zero-order valence-corrected chi connectivity index (χ0v) is 9.81. The fourth-order valence-corrected chi connectivity index (χ4v) is 3.06. The van der Waals surface area contributed by atoms with Crippen LogP contribution in [0.15, 0.2) is 0 Å². The summed E-state index contributed by atoms with van der Waals surface area (Å²) in [4.78, 5) is 22.6. The van der Waals surface area contributed by atoms with E-state index in [9.17, 15) is 9.59 Å². The minimum atomic E-state index is -0.897. The van der Waals surface area contributed by atoms with Crippen molar-refractivity contribution in [3.8, 4) is 0 Å². The van der Waals surface area contributed by atoms with Gasteiger partial charge in [0.1, 0.15) is 5.54 Å². The van der Waals surface area contributed by atoms with Crippen LogP contribution in [-0.2, 0) is 9.59 Å². The quantitative estimate of drug-likeness (QED) is 0.625. The fourth-order valence-electron chi connectivity index (χ4n) is 1.70. The van der Waals surface area contributed by atoms with Crippen LogP contribution in [0.3, 0.4) is 0 Å². The number of carboxylic acids is 1. The van der Waals surface area contributed by atoms with Gasteiger partial charge in [-0.1, -0.05) is 0 Å². The Balaban J connectivity index is 1.81. The highest BCUT2D eigenvalue weighted by Crippen LogP contribution is 2.28. The van der Waals surface area contributed by atoms with Crippen molar-refractivity contribution in [2.24, 2.45) is 0 Å².